The Labute approximate surface area is 125 Å². The Morgan fingerprint density at radius 2 is 2.15 bits per heavy atom. The fourth-order valence-electron chi connectivity index (χ4n) is 2.29. The molecule has 4 heteroatoms. The van der Waals surface area contributed by atoms with E-state index in [0.29, 0.717) is 6.04 Å². The highest BCUT2D eigenvalue weighted by Gasteiger charge is 2.09. The van der Waals surface area contributed by atoms with E-state index >= 15 is 0 Å². The van der Waals surface area contributed by atoms with Crippen LogP contribution in [-0.4, -0.2) is 23.8 Å². The molecule has 0 radical (unpaired) electrons. The van der Waals surface area contributed by atoms with Crippen molar-refractivity contribution < 1.29 is 4.74 Å². The maximum absolute atomic E-state index is 6.13. The first-order valence-electron chi connectivity index (χ1n) is 7.20. The molecular weight excluding hydrogens is 272 g/mol. The van der Waals surface area contributed by atoms with Crippen LogP contribution in [0.4, 0.5) is 0 Å². The van der Waals surface area contributed by atoms with E-state index in [1.807, 2.05) is 19.1 Å². The average molecular weight is 295 g/mol. The van der Waals surface area contributed by atoms with E-state index in [9.17, 15) is 0 Å². The Morgan fingerprint density at radius 3 is 2.85 bits per heavy atom. The monoisotopic (exact) mass is 294 g/mol. The molecule has 0 fully saturated rings. The van der Waals surface area contributed by atoms with Gasteiger partial charge in [0.05, 0.1) is 6.61 Å². The van der Waals surface area contributed by atoms with Crippen molar-refractivity contribution in [3.05, 3.63) is 35.0 Å². The molecule has 0 aliphatic rings. The highest BCUT2D eigenvalue weighted by atomic mass is 35.5. The van der Waals surface area contributed by atoms with Crippen LogP contribution in [0.25, 0.3) is 10.9 Å². The molecule has 2 rings (SSSR count). The Morgan fingerprint density at radius 1 is 1.35 bits per heavy atom. The number of halogens is 1. The van der Waals surface area contributed by atoms with Gasteiger partial charge >= 0.3 is 0 Å². The van der Waals surface area contributed by atoms with Crippen LogP contribution in [-0.2, 0) is 17.8 Å². The Balaban J connectivity index is 2.28. The molecule has 1 aromatic carbocycles. The van der Waals surface area contributed by atoms with Crippen molar-refractivity contribution in [2.45, 2.75) is 39.9 Å². The molecule has 0 spiro atoms. The minimum atomic E-state index is 0.476. The lowest BCUT2D eigenvalue weighted by molar-refractivity contribution is 0.140. The van der Waals surface area contributed by atoms with E-state index in [1.54, 1.807) is 0 Å². The second-order valence-corrected chi connectivity index (χ2v) is 5.68. The Bertz CT molecular complexity index is 563. The van der Waals surface area contributed by atoms with Crippen LogP contribution in [0, 0.1) is 0 Å². The number of hydrogen-bond donors (Lipinski definition) is 1. The largest absolute Gasteiger partial charge is 0.380 e. The van der Waals surface area contributed by atoms with E-state index < -0.39 is 0 Å². The first-order chi connectivity index (χ1) is 9.61. The Hall–Kier alpha value is -1.03. The van der Waals surface area contributed by atoms with Crippen molar-refractivity contribution in [3.63, 3.8) is 0 Å². The summed E-state index contributed by atoms with van der Waals surface area (Å²) in [5.41, 5.74) is 2.49. The third-order valence-corrected chi connectivity index (χ3v) is 3.54. The molecule has 1 aromatic heterocycles. The summed E-state index contributed by atoms with van der Waals surface area (Å²) in [7, 11) is 0. The third-order valence-electron chi connectivity index (χ3n) is 3.31. The number of aromatic nitrogens is 1. The second kappa shape index (κ2) is 7.11. The summed E-state index contributed by atoms with van der Waals surface area (Å²) >= 11 is 6.13. The molecule has 0 atom stereocenters. The van der Waals surface area contributed by atoms with E-state index in [-0.39, 0.29) is 0 Å². The molecule has 0 aliphatic carbocycles. The minimum absolute atomic E-state index is 0.476. The summed E-state index contributed by atoms with van der Waals surface area (Å²) in [6.07, 6.45) is 2.20. The van der Waals surface area contributed by atoms with E-state index in [4.69, 9.17) is 16.3 Å². The summed E-state index contributed by atoms with van der Waals surface area (Å²) in [5, 5.41) is 5.51. The zero-order valence-electron chi connectivity index (χ0n) is 12.4. The van der Waals surface area contributed by atoms with Gasteiger partial charge < -0.3 is 14.6 Å². The molecule has 0 amide bonds. The fraction of sp³-hybridized carbons (Fsp3) is 0.500. The van der Waals surface area contributed by atoms with Gasteiger partial charge in [0.25, 0.3) is 0 Å². The van der Waals surface area contributed by atoms with Gasteiger partial charge in [0.2, 0.25) is 0 Å². The van der Waals surface area contributed by atoms with Crippen molar-refractivity contribution >= 4 is 22.5 Å². The lowest BCUT2D eigenvalue weighted by Crippen LogP contribution is -2.21. The number of nitrogens with zero attached hydrogens (tertiary/aromatic N) is 1. The van der Waals surface area contributed by atoms with Gasteiger partial charge in [-0.25, -0.2) is 0 Å². The molecule has 0 aliphatic heterocycles. The Kier molecular flexibility index (Phi) is 5.46. The molecule has 20 heavy (non-hydrogen) atoms. The molecule has 3 nitrogen and oxygen atoms in total. The van der Waals surface area contributed by atoms with Crippen LogP contribution >= 0.6 is 11.6 Å². The van der Waals surface area contributed by atoms with Crippen LogP contribution in [0.1, 0.15) is 26.3 Å². The van der Waals surface area contributed by atoms with Gasteiger partial charge in [0.1, 0.15) is 0 Å². The van der Waals surface area contributed by atoms with Gasteiger partial charge in [-0.2, -0.15) is 0 Å². The van der Waals surface area contributed by atoms with Crippen LogP contribution in [0.2, 0.25) is 5.02 Å². The van der Waals surface area contributed by atoms with Crippen molar-refractivity contribution in [2.75, 3.05) is 13.2 Å². The van der Waals surface area contributed by atoms with E-state index in [2.05, 4.69) is 36.0 Å². The number of fused-ring (bicyclic) bond motifs is 1. The standard InChI is InChI=1S/C16H23ClN2O/c1-4-20-8-7-19-11-13(10-18-12(2)3)15-6-5-14(17)9-16(15)19/h5-6,9,11-12,18H,4,7-8,10H2,1-3H3. The number of ether oxygens (including phenoxy) is 1. The highest BCUT2D eigenvalue weighted by molar-refractivity contribution is 6.31. The SMILES string of the molecule is CCOCCn1cc(CNC(C)C)c2ccc(Cl)cc21. The quantitative estimate of drug-likeness (QED) is 0.786. The van der Waals surface area contributed by atoms with Crippen molar-refractivity contribution in [3.8, 4) is 0 Å². The predicted octanol–water partition coefficient (Wildman–Crippen LogP) is 3.83. The van der Waals surface area contributed by atoms with Gasteiger partial charge in [-0.05, 0) is 24.6 Å². The molecular formula is C16H23ClN2O. The van der Waals surface area contributed by atoms with Gasteiger partial charge in [0.15, 0.2) is 0 Å². The van der Waals surface area contributed by atoms with Crippen LogP contribution in [0.5, 0.6) is 0 Å². The number of hydrogen-bond acceptors (Lipinski definition) is 2. The molecule has 0 bridgehead atoms. The molecule has 1 N–H and O–H groups in total. The van der Waals surface area contributed by atoms with E-state index in [1.165, 1.54) is 16.5 Å². The minimum Gasteiger partial charge on any atom is -0.380 e. The van der Waals surface area contributed by atoms with Gasteiger partial charge in [0, 0.05) is 47.9 Å². The second-order valence-electron chi connectivity index (χ2n) is 5.24. The first-order valence-corrected chi connectivity index (χ1v) is 7.58. The molecule has 0 unspecified atom stereocenters. The van der Waals surface area contributed by atoms with Gasteiger partial charge in [-0.3, -0.25) is 0 Å². The lowest BCUT2D eigenvalue weighted by Gasteiger charge is -2.06. The summed E-state index contributed by atoms with van der Waals surface area (Å²) < 4.78 is 7.68. The zero-order valence-corrected chi connectivity index (χ0v) is 13.2. The average Bonchev–Trinajstić information content (AvgIpc) is 2.74. The summed E-state index contributed by atoms with van der Waals surface area (Å²) in [6.45, 7) is 9.54. The van der Waals surface area contributed by atoms with E-state index in [0.717, 1.165) is 31.3 Å². The van der Waals surface area contributed by atoms with Gasteiger partial charge in [-0.15, -0.1) is 0 Å². The maximum atomic E-state index is 6.13. The van der Waals surface area contributed by atoms with Gasteiger partial charge in [-0.1, -0.05) is 31.5 Å². The molecule has 1 heterocycles. The van der Waals surface area contributed by atoms with Crippen molar-refractivity contribution in [1.82, 2.24) is 9.88 Å². The summed E-state index contributed by atoms with van der Waals surface area (Å²) in [6, 6.07) is 6.56. The summed E-state index contributed by atoms with van der Waals surface area (Å²) in [4.78, 5) is 0. The predicted molar refractivity (Wildman–Crippen MR) is 85.4 cm³/mol. The highest BCUT2D eigenvalue weighted by Crippen LogP contribution is 2.25. The lowest BCUT2D eigenvalue weighted by atomic mass is 10.1. The molecule has 0 saturated carbocycles. The van der Waals surface area contributed by atoms with Crippen molar-refractivity contribution in [1.29, 1.82) is 0 Å². The smallest absolute Gasteiger partial charge is 0.0645 e. The normalized spacial score (nSPS) is 11.7. The number of nitrogens with one attached hydrogen (secondary N) is 1. The van der Waals surface area contributed by atoms with Crippen LogP contribution < -0.4 is 5.32 Å². The molecule has 0 saturated heterocycles. The third kappa shape index (κ3) is 3.75. The van der Waals surface area contributed by atoms with Crippen molar-refractivity contribution in [2.24, 2.45) is 0 Å². The molecule has 110 valence electrons. The zero-order chi connectivity index (χ0) is 14.5. The topological polar surface area (TPSA) is 26.2 Å². The number of benzene rings is 1. The fourth-order valence-corrected chi connectivity index (χ4v) is 2.45. The van der Waals surface area contributed by atoms with Crippen LogP contribution in [0.3, 0.4) is 0 Å². The first kappa shape index (κ1) is 15.4. The summed E-state index contributed by atoms with van der Waals surface area (Å²) in [5.74, 6) is 0. The maximum Gasteiger partial charge on any atom is 0.0645 e. The van der Waals surface area contributed by atoms with Crippen LogP contribution in [0.15, 0.2) is 24.4 Å². The molecule has 2 aromatic rings. The number of rotatable bonds is 7.